The van der Waals surface area contributed by atoms with Gasteiger partial charge in [-0.1, -0.05) is 18.2 Å². The highest BCUT2D eigenvalue weighted by atomic mass is 16.5. The molecule has 2 aromatic carbocycles. The van der Waals surface area contributed by atoms with E-state index >= 15 is 0 Å². The maximum absolute atomic E-state index is 13.2. The fourth-order valence-corrected chi connectivity index (χ4v) is 4.81. The highest BCUT2D eigenvalue weighted by molar-refractivity contribution is 5.99. The molecule has 0 amide bonds. The Bertz CT molecular complexity index is 1350. The van der Waals surface area contributed by atoms with Crippen LogP contribution in [0.4, 0.5) is 11.4 Å². The summed E-state index contributed by atoms with van der Waals surface area (Å²) in [7, 11) is 0. The van der Waals surface area contributed by atoms with Crippen molar-refractivity contribution in [3.63, 3.8) is 0 Å². The lowest BCUT2D eigenvalue weighted by Crippen LogP contribution is -2.36. The Balaban J connectivity index is 1.43. The summed E-state index contributed by atoms with van der Waals surface area (Å²) in [6.07, 6.45) is 2.26. The smallest absolute Gasteiger partial charge is 0.261 e. The summed E-state index contributed by atoms with van der Waals surface area (Å²) >= 11 is 0. The van der Waals surface area contributed by atoms with Crippen LogP contribution in [0.3, 0.4) is 0 Å². The third kappa shape index (κ3) is 3.85. The molecular weight excluding hydrogens is 418 g/mol. The van der Waals surface area contributed by atoms with Crippen molar-refractivity contribution in [2.75, 3.05) is 49.7 Å². The minimum Gasteiger partial charge on any atom is -0.381 e. The minimum absolute atomic E-state index is 0.155. The molecule has 6 rings (SSSR count). The topological polar surface area (TPSA) is 95.3 Å². The molecule has 2 aliphatic heterocycles. The van der Waals surface area contributed by atoms with Gasteiger partial charge in [-0.15, -0.1) is 0 Å². The van der Waals surface area contributed by atoms with E-state index in [9.17, 15) is 4.79 Å². The SMILES string of the molecule is O=c1[nH]c2ccccc2c(NCC2CCCO2)c1-c1nc2ccc(N3CCOCC3)cc2[nH]1. The van der Waals surface area contributed by atoms with Crippen molar-refractivity contribution in [1.29, 1.82) is 0 Å². The first-order valence-electron chi connectivity index (χ1n) is 11.6. The second kappa shape index (κ2) is 8.53. The number of pyridine rings is 1. The summed E-state index contributed by atoms with van der Waals surface area (Å²) < 4.78 is 11.3. The number of ether oxygens (including phenoxy) is 2. The summed E-state index contributed by atoms with van der Waals surface area (Å²) in [6.45, 7) is 4.66. The van der Waals surface area contributed by atoms with Crippen LogP contribution in [0, 0.1) is 0 Å². The standard InChI is InChI=1S/C25H27N5O3/c31-25-22(23(26-15-17-4-3-11-33-17)18-5-1-2-6-19(18)29-25)24-27-20-8-7-16(14-21(20)28-24)30-9-12-32-13-10-30/h1-2,5-8,14,17H,3-4,9-13,15H2,(H,27,28)(H2,26,29,31). The van der Waals surface area contributed by atoms with Gasteiger partial charge in [-0.25, -0.2) is 4.98 Å². The number of para-hydroxylation sites is 1. The van der Waals surface area contributed by atoms with Crippen LogP contribution in [-0.4, -0.2) is 60.5 Å². The summed E-state index contributed by atoms with van der Waals surface area (Å²) in [4.78, 5) is 26.8. The van der Waals surface area contributed by atoms with Gasteiger partial charge in [0.25, 0.3) is 5.56 Å². The number of aromatic nitrogens is 3. The number of benzene rings is 2. The maximum Gasteiger partial charge on any atom is 0.261 e. The van der Waals surface area contributed by atoms with Crippen LogP contribution in [0.2, 0.25) is 0 Å². The van der Waals surface area contributed by atoms with Gasteiger partial charge in [0.2, 0.25) is 0 Å². The van der Waals surface area contributed by atoms with Gasteiger partial charge in [0, 0.05) is 37.3 Å². The first-order chi connectivity index (χ1) is 16.3. The number of nitrogens with zero attached hydrogens (tertiary/aromatic N) is 2. The van der Waals surface area contributed by atoms with E-state index in [1.54, 1.807) is 0 Å². The number of anilines is 2. The maximum atomic E-state index is 13.2. The molecule has 33 heavy (non-hydrogen) atoms. The van der Waals surface area contributed by atoms with E-state index in [0.29, 0.717) is 17.9 Å². The van der Waals surface area contributed by atoms with Crippen LogP contribution in [0.5, 0.6) is 0 Å². The van der Waals surface area contributed by atoms with Crippen molar-refractivity contribution in [2.24, 2.45) is 0 Å². The van der Waals surface area contributed by atoms with Gasteiger partial charge in [0.05, 0.1) is 41.6 Å². The predicted octanol–water partition coefficient (Wildman–Crippen LogP) is 3.50. The Morgan fingerprint density at radius 1 is 1.06 bits per heavy atom. The number of aromatic amines is 2. The molecule has 2 saturated heterocycles. The molecule has 2 aromatic heterocycles. The van der Waals surface area contributed by atoms with Crippen LogP contribution < -0.4 is 15.8 Å². The number of H-pyrrole nitrogens is 2. The minimum atomic E-state index is -0.170. The fraction of sp³-hybridized carbons (Fsp3) is 0.360. The largest absolute Gasteiger partial charge is 0.381 e. The van der Waals surface area contributed by atoms with Crippen LogP contribution in [0.1, 0.15) is 12.8 Å². The molecule has 8 nitrogen and oxygen atoms in total. The van der Waals surface area contributed by atoms with Crippen molar-refractivity contribution in [3.05, 3.63) is 52.8 Å². The Kier molecular flexibility index (Phi) is 5.24. The van der Waals surface area contributed by atoms with Crippen molar-refractivity contribution in [2.45, 2.75) is 18.9 Å². The number of rotatable bonds is 5. The molecule has 1 unspecified atom stereocenters. The van der Waals surface area contributed by atoms with E-state index in [1.165, 1.54) is 0 Å². The molecule has 0 bridgehead atoms. The second-order valence-electron chi connectivity index (χ2n) is 8.65. The highest BCUT2D eigenvalue weighted by Crippen LogP contribution is 2.32. The number of hydrogen-bond acceptors (Lipinski definition) is 6. The van der Waals surface area contributed by atoms with E-state index in [1.807, 2.05) is 30.3 Å². The Morgan fingerprint density at radius 2 is 1.94 bits per heavy atom. The molecule has 2 fully saturated rings. The summed E-state index contributed by atoms with van der Waals surface area (Å²) in [5.41, 5.74) is 4.81. The molecule has 1 atom stereocenters. The molecule has 4 heterocycles. The van der Waals surface area contributed by atoms with E-state index < -0.39 is 0 Å². The van der Waals surface area contributed by atoms with Gasteiger partial charge in [-0.2, -0.15) is 0 Å². The van der Waals surface area contributed by atoms with Crippen LogP contribution in [0.25, 0.3) is 33.3 Å². The summed E-state index contributed by atoms with van der Waals surface area (Å²) in [6, 6.07) is 14.0. The van der Waals surface area contributed by atoms with Gasteiger partial charge >= 0.3 is 0 Å². The molecule has 0 spiro atoms. The molecule has 8 heteroatoms. The number of hydrogen-bond donors (Lipinski definition) is 3. The predicted molar refractivity (Wildman–Crippen MR) is 130 cm³/mol. The molecule has 170 valence electrons. The van der Waals surface area contributed by atoms with Gasteiger partial charge in [-0.3, -0.25) is 4.79 Å². The molecule has 2 aliphatic rings. The van der Waals surface area contributed by atoms with Crippen molar-refractivity contribution >= 4 is 33.3 Å². The van der Waals surface area contributed by atoms with E-state index in [0.717, 1.165) is 79.1 Å². The number of imidazole rings is 1. The van der Waals surface area contributed by atoms with E-state index in [-0.39, 0.29) is 11.7 Å². The second-order valence-corrected chi connectivity index (χ2v) is 8.65. The average Bonchev–Trinajstić information content (AvgIpc) is 3.52. The first kappa shape index (κ1) is 20.3. The van der Waals surface area contributed by atoms with Crippen LogP contribution in [-0.2, 0) is 9.47 Å². The molecule has 3 N–H and O–H groups in total. The lowest BCUT2D eigenvalue weighted by Gasteiger charge is -2.28. The molecule has 0 aliphatic carbocycles. The van der Waals surface area contributed by atoms with Gasteiger partial charge in [-0.05, 0) is 37.1 Å². The normalized spacial score (nSPS) is 18.9. The molecule has 0 radical (unpaired) electrons. The van der Waals surface area contributed by atoms with Crippen molar-refractivity contribution < 1.29 is 9.47 Å². The Hall–Kier alpha value is -3.36. The van der Waals surface area contributed by atoms with Gasteiger partial charge in [0.15, 0.2) is 0 Å². The molecular formula is C25H27N5O3. The van der Waals surface area contributed by atoms with E-state index in [2.05, 4.69) is 32.3 Å². The van der Waals surface area contributed by atoms with Crippen molar-refractivity contribution in [3.8, 4) is 11.4 Å². The van der Waals surface area contributed by atoms with Crippen LogP contribution >= 0.6 is 0 Å². The summed E-state index contributed by atoms with van der Waals surface area (Å²) in [5.74, 6) is 0.561. The zero-order valence-corrected chi connectivity index (χ0v) is 18.4. The molecule has 0 saturated carbocycles. The first-order valence-corrected chi connectivity index (χ1v) is 11.6. The lowest BCUT2D eigenvalue weighted by molar-refractivity contribution is 0.120. The summed E-state index contributed by atoms with van der Waals surface area (Å²) in [5, 5.41) is 4.48. The van der Waals surface area contributed by atoms with E-state index in [4.69, 9.17) is 14.5 Å². The number of nitrogens with one attached hydrogen (secondary N) is 3. The Morgan fingerprint density at radius 3 is 2.79 bits per heavy atom. The zero-order valence-electron chi connectivity index (χ0n) is 18.4. The zero-order chi connectivity index (χ0) is 22.2. The number of morpholine rings is 1. The van der Waals surface area contributed by atoms with Crippen LogP contribution in [0.15, 0.2) is 47.3 Å². The third-order valence-corrected chi connectivity index (χ3v) is 6.53. The lowest BCUT2D eigenvalue weighted by atomic mass is 10.1. The molecule has 4 aromatic rings. The Labute approximate surface area is 190 Å². The quantitative estimate of drug-likeness (QED) is 0.435. The van der Waals surface area contributed by atoms with Crippen molar-refractivity contribution in [1.82, 2.24) is 15.0 Å². The average molecular weight is 446 g/mol. The fourth-order valence-electron chi connectivity index (χ4n) is 4.81. The third-order valence-electron chi connectivity index (χ3n) is 6.53. The van der Waals surface area contributed by atoms with Gasteiger partial charge in [0.1, 0.15) is 11.4 Å². The van der Waals surface area contributed by atoms with Gasteiger partial charge < -0.3 is 29.7 Å². The number of fused-ring (bicyclic) bond motifs is 2. The monoisotopic (exact) mass is 445 g/mol. The highest BCUT2D eigenvalue weighted by Gasteiger charge is 2.21.